The zero-order valence-corrected chi connectivity index (χ0v) is 17.6. The van der Waals surface area contributed by atoms with Crippen LogP contribution in [0.5, 0.6) is 11.5 Å². The van der Waals surface area contributed by atoms with Crippen LogP contribution in [0.1, 0.15) is 17.3 Å². The predicted molar refractivity (Wildman–Crippen MR) is 122 cm³/mol. The highest BCUT2D eigenvalue weighted by molar-refractivity contribution is 5.68. The molecular weight excluding hydrogens is 408 g/mol. The highest BCUT2D eigenvalue weighted by atomic mass is 19.1. The number of benzene rings is 3. The van der Waals surface area contributed by atoms with Gasteiger partial charge >= 0.3 is 0 Å². The van der Waals surface area contributed by atoms with Crippen LogP contribution in [0.2, 0.25) is 0 Å². The zero-order valence-electron chi connectivity index (χ0n) is 17.6. The van der Waals surface area contributed by atoms with Gasteiger partial charge in [-0.2, -0.15) is 0 Å². The summed E-state index contributed by atoms with van der Waals surface area (Å²) in [5.41, 5.74) is 9.01. The molecule has 0 amide bonds. The topological polar surface area (TPSA) is 60.2 Å². The van der Waals surface area contributed by atoms with Crippen molar-refractivity contribution in [1.29, 1.82) is 0 Å². The van der Waals surface area contributed by atoms with Crippen molar-refractivity contribution in [3.05, 3.63) is 108 Å². The van der Waals surface area contributed by atoms with Gasteiger partial charge in [0.15, 0.2) is 0 Å². The molecule has 0 aliphatic carbocycles. The summed E-state index contributed by atoms with van der Waals surface area (Å²) in [5, 5.41) is 3.20. The number of aromatic nitrogens is 1. The number of nitrogens with one attached hydrogen (secondary N) is 1. The molecule has 0 spiro atoms. The van der Waals surface area contributed by atoms with Crippen LogP contribution in [0.4, 0.5) is 14.6 Å². The number of nitrogens with two attached hydrogens (primary N) is 1. The molecule has 0 aliphatic rings. The fourth-order valence-electron chi connectivity index (χ4n) is 3.63. The molecule has 0 radical (unpaired) electrons. The molecule has 4 aromatic rings. The van der Waals surface area contributed by atoms with E-state index in [4.69, 9.17) is 10.5 Å². The van der Waals surface area contributed by atoms with Gasteiger partial charge in [-0.3, -0.25) is 0 Å². The minimum atomic E-state index is -0.607. The van der Waals surface area contributed by atoms with Gasteiger partial charge in [0.25, 0.3) is 0 Å². The largest absolute Gasteiger partial charge is 0.457 e. The fraction of sp³-hybridized carbons (Fsp3) is 0.115. The molecule has 4 nitrogen and oxygen atoms in total. The molecular formula is C26H23F2N3O. The minimum Gasteiger partial charge on any atom is -0.457 e. The van der Waals surface area contributed by atoms with E-state index in [1.165, 1.54) is 12.1 Å². The molecule has 3 N–H and O–H groups in total. The quantitative estimate of drug-likeness (QED) is 0.382. The molecule has 0 saturated heterocycles. The van der Waals surface area contributed by atoms with E-state index in [2.05, 4.69) is 10.3 Å². The molecule has 3 aromatic carbocycles. The number of para-hydroxylation sites is 1. The molecule has 32 heavy (non-hydrogen) atoms. The summed E-state index contributed by atoms with van der Waals surface area (Å²) in [6.45, 7) is 0. The number of halogens is 2. The van der Waals surface area contributed by atoms with Crippen LogP contribution in [0.25, 0.3) is 11.1 Å². The van der Waals surface area contributed by atoms with Gasteiger partial charge < -0.3 is 15.8 Å². The van der Waals surface area contributed by atoms with Crippen LogP contribution in [-0.4, -0.2) is 12.0 Å². The SMILES string of the molecule is CNC(Cc1cc(F)cc(F)c1)c1nc(N)ccc1-c1ccc(Oc2ccccc2)cc1. The lowest BCUT2D eigenvalue weighted by atomic mass is 9.95. The van der Waals surface area contributed by atoms with Crippen molar-refractivity contribution in [3.63, 3.8) is 0 Å². The summed E-state index contributed by atoms with van der Waals surface area (Å²) in [4.78, 5) is 4.55. The second-order valence-corrected chi connectivity index (χ2v) is 7.43. The van der Waals surface area contributed by atoms with Crippen LogP contribution in [0.15, 0.2) is 84.9 Å². The van der Waals surface area contributed by atoms with Crippen molar-refractivity contribution in [2.24, 2.45) is 0 Å². The zero-order chi connectivity index (χ0) is 22.5. The lowest BCUT2D eigenvalue weighted by Gasteiger charge is -2.20. The van der Waals surface area contributed by atoms with E-state index in [1.54, 1.807) is 13.1 Å². The third-order valence-corrected chi connectivity index (χ3v) is 5.13. The number of likely N-dealkylation sites (N-methyl/N-ethyl adjacent to an activating group) is 1. The van der Waals surface area contributed by atoms with Gasteiger partial charge in [-0.1, -0.05) is 30.3 Å². The van der Waals surface area contributed by atoms with E-state index < -0.39 is 11.6 Å². The Morgan fingerprint density at radius 3 is 2.19 bits per heavy atom. The van der Waals surface area contributed by atoms with Crippen LogP contribution < -0.4 is 15.8 Å². The molecule has 162 valence electrons. The molecule has 0 saturated carbocycles. The first-order valence-electron chi connectivity index (χ1n) is 10.2. The Kier molecular flexibility index (Phi) is 6.42. The number of ether oxygens (including phenoxy) is 1. The third-order valence-electron chi connectivity index (χ3n) is 5.13. The Morgan fingerprint density at radius 2 is 1.53 bits per heavy atom. The molecule has 1 heterocycles. The Morgan fingerprint density at radius 1 is 0.875 bits per heavy atom. The maximum atomic E-state index is 13.7. The average molecular weight is 431 g/mol. The van der Waals surface area contributed by atoms with E-state index in [0.29, 0.717) is 29.2 Å². The van der Waals surface area contributed by atoms with Gasteiger partial charge in [0, 0.05) is 11.6 Å². The van der Waals surface area contributed by atoms with Gasteiger partial charge in [0.05, 0.1) is 11.7 Å². The van der Waals surface area contributed by atoms with E-state index in [9.17, 15) is 8.78 Å². The number of pyridine rings is 1. The van der Waals surface area contributed by atoms with Gasteiger partial charge in [-0.05, 0) is 73.1 Å². The maximum Gasteiger partial charge on any atom is 0.127 e. The predicted octanol–water partition coefficient (Wildman–Crippen LogP) is 5.90. The monoisotopic (exact) mass is 431 g/mol. The number of anilines is 1. The second kappa shape index (κ2) is 9.58. The molecule has 1 atom stereocenters. The fourth-order valence-corrected chi connectivity index (χ4v) is 3.63. The van der Waals surface area contributed by atoms with Gasteiger partial charge in [0.1, 0.15) is 29.0 Å². The van der Waals surface area contributed by atoms with Gasteiger partial charge in [0.2, 0.25) is 0 Å². The number of hydrogen-bond donors (Lipinski definition) is 2. The molecule has 6 heteroatoms. The molecule has 1 unspecified atom stereocenters. The second-order valence-electron chi connectivity index (χ2n) is 7.43. The number of nitrogen functional groups attached to an aromatic ring is 1. The van der Waals surface area contributed by atoms with Crippen molar-refractivity contribution >= 4 is 5.82 Å². The van der Waals surface area contributed by atoms with E-state index in [0.717, 1.165) is 22.9 Å². The van der Waals surface area contributed by atoms with Crippen molar-refractivity contribution in [1.82, 2.24) is 10.3 Å². The standard InChI is InChI=1S/C26H23F2N3O/c1-30-24(15-17-13-19(27)16-20(28)14-17)26-23(11-12-25(29)31-26)18-7-9-22(10-8-18)32-21-5-3-2-4-6-21/h2-14,16,24,30H,15H2,1H3,(H2,29,31). The molecule has 0 aliphatic heterocycles. The Labute approximate surface area is 185 Å². The lowest BCUT2D eigenvalue weighted by Crippen LogP contribution is -2.21. The van der Waals surface area contributed by atoms with E-state index in [1.807, 2.05) is 60.7 Å². The highest BCUT2D eigenvalue weighted by Crippen LogP contribution is 2.32. The van der Waals surface area contributed by atoms with E-state index in [-0.39, 0.29) is 6.04 Å². The number of nitrogens with zero attached hydrogens (tertiary/aromatic N) is 1. The van der Waals surface area contributed by atoms with Crippen molar-refractivity contribution < 1.29 is 13.5 Å². The summed E-state index contributed by atoms with van der Waals surface area (Å²) in [5.74, 6) is 0.630. The maximum absolute atomic E-state index is 13.7. The first-order valence-corrected chi connectivity index (χ1v) is 10.2. The van der Waals surface area contributed by atoms with Crippen LogP contribution in [0, 0.1) is 11.6 Å². The van der Waals surface area contributed by atoms with Crippen LogP contribution in [0.3, 0.4) is 0 Å². The first-order chi connectivity index (χ1) is 15.5. The summed E-state index contributed by atoms with van der Waals surface area (Å²) in [6.07, 6.45) is 0.351. The summed E-state index contributed by atoms with van der Waals surface area (Å²) >= 11 is 0. The first kappa shape index (κ1) is 21.5. The Balaban J connectivity index is 1.63. The smallest absolute Gasteiger partial charge is 0.127 e. The van der Waals surface area contributed by atoms with Crippen LogP contribution >= 0.6 is 0 Å². The lowest BCUT2D eigenvalue weighted by molar-refractivity contribution is 0.483. The highest BCUT2D eigenvalue weighted by Gasteiger charge is 2.19. The number of rotatable bonds is 7. The summed E-state index contributed by atoms with van der Waals surface area (Å²) < 4.78 is 33.2. The summed E-state index contributed by atoms with van der Waals surface area (Å²) in [6, 6.07) is 24.1. The minimum absolute atomic E-state index is 0.296. The molecule has 0 fully saturated rings. The number of hydrogen-bond acceptors (Lipinski definition) is 4. The van der Waals surface area contributed by atoms with Gasteiger partial charge in [-0.15, -0.1) is 0 Å². The Hall–Kier alpha value is -3.77. The molecule has 1 aromatic heterocycles. The van der Waals surface area contributed by atoms with Gasteiger partial charge in [-0.25, -0.2) is 13.8 Å². The van der Waals surface area contributed by atoms with Crippen molar-refractivity contribution in [2.75, 3.05) is 12.8 Å². The normalized spacial score (nSPS) is 11.8. The van der Waals surface area contributed by atoms with Crippen molar-refractivity contribution in [3.8, 4) is 22.6 Å². The summed E-state index contributed by atoms with van der Waals surface area (Å²) in [7, 11) is 1.78. The van der Waals surface area contributed by atoms with Crippen LogP contribution in [-0.2, 0) is 6.42 Å². The van der Waals surface area contributed by atoms with Crippen molar-refractivity contribution in [2.45, 2.75) is 12.5 Å². The molecule has 0 bridgehead atoms. The third kappa shape index (κ3) is 5.10. The Bertz CT molecular complexity index is 1180. The molecule has 4 rings (SSSR count). The average Bonchev–Trinajstić information content (AvgIpc) is 2.78. The van der Waals surface area contributed by atoms with E-state index >= 15 is 0 Å².